The van der Waals surface area contributed by atoms with Gasteiger partial charge in [-0.05, 0) is 50.3 Å². The minimum atomic E-state index is 0.192. The normalized spacial score (nSPS) is 25.2. The molecule has 1 aromatic heterocycles. The van der Waals surface area contributed by atoms with Gasteiger partial charge in [-0.25, -0.2) is 0 Å². The molecule has 2 aliphatic rings. The van der Waals surface area contributed by atoms with E-state index < -0.39 is 0 Å². The van der Waals surface area contributed by atoms with E-state index in [-0.39, 0.29) is 18.4 Å². The van der Waals surface area contributed by atoms with E-state index in [4.69, 9.17) is 0 Å². The molecule has 2 aliphatic heterocycles. The van der Waals surface area contributed by atoms with Crippen LogP contribution in [0.5, 0.6) is 0 Å². The van der Waals surface area contributed by atoms with Crippen molar-refractivity contribution in [3.8, 4) is 0 Å². The van der Waals surface area contributed by atoms with Crippen LogP contribution in [0.2, 0.25) is 0 Å². The second-order valence-corrected chi connectivity index (χ2v) is 7.68. The summed E-state index contributed by atoms with van der Waals surface area (Å²) in [4.78, 5) is 17.1. The SMILES string of the molecule is O=C(CCCc1cn[nH]c1)N1C[C@@H](CO)[C@@H](CN2CCCCCC2)C1. The van der Waals surface area contributed by atoms with Gasteiger partial charge in [0.2, 0.25) is 5.91 Å². The van der Waals surface area contributed by atoms with E-state index in [1.807, 2.05) is 17.3 Å². The molecule has 0 saturated carbocycles. The molecule has 0 aliphatic carbocycles. The quantitative estimate of drug-likeness (QED) is 0.786. The van der Waals surface area contributed by atoms with Gasteiger partial charge in [0.1, 0.15) is 0 Å². The number of carbonyl (C=O) groups excluding carboxylic acids is 1. The number of amides is 1. The molecule has 0 aromatic carbocycles. The number of aromatic amines is 1. The summed E-state index contributed by atoms with van der Waals surface area (Å²) in [5.41, 5.74) is 1.15. The predicted molar refractivity (Wildman–Crippen MR) is 97.1 cm³/mol. The van der Waals surface area contributed by atoms with Crippen LogP contribution in [0.25, 0.3) is 0 Å². The van der Waals surface area contributed by atoms with Gasteiger partial charge in [-0.3, -0.25) is 9.89 Å². The molecule has 3 rings (SSSR count). The Labute approximate surface area is 150 Å². The number of H-pyrrole nitrogens is 1. The second-order valence-electron chi connectivity index (χ2n) is 7.68. The largest absolute Gasteiger partial charge is 0.396 e. The van der Waals surface area contributed by atoms with E-state index in [0.717, 1.165) is 38.0 Å². The zero-order valence-electron chi connectivity index (χ0n) is 15.2. The number of nitrogens with zero attached hydrogens (tertiary/aromatic N) is 3. The third kappa shape index (κ3) is 5.28. The molecule has 0 spiro atoms. The van der Waals surface area contributed by atoms with Crippen LogP contribution in [-0.2, 0) is 11.2 Å². The van der Waals surface area contributed by atoms with Gasteiger partial charge >= 0.3 is 0 Å². The number of hydrogen-bond donors (Lipinski definition) is 2. The lowest BCUT2D eigenvalue weighted by atomic mass is 9.96. The van der Waals surface area contributed by atoms with Crippen molar-refractivity contribution in [2.75, 3.05) is 39.3 Å². The summed E-state index contributed by atoms with van der Waals surface area (Å²) in [6, 6.07) is 0. The summed E-state index contributed by atoms with van der Waals surface area (Å²) in [7, 11) is 0. The minimum Gasteiger partial charge on any atom is -0.396 e. The Balaban J connectivity index is 1.45. The Kier molecular flexibility index (Phi) is 6.87. The van der Waals surface area contributed by atoms with E-state index in [9.17, 15) is 9.90 Å². The van der Waals surface area contributed by atoms with Crippen molar-refractivity contribution in [1.82, 2.24) is 20.0 Å². The van der Waals surface area contributed by atoms with Crippen LogP contribution in [0.3, 0.4) is 0 Å². The van der Waals surface area contributed by atoms with Crippen molar-refractivity contribution < 1.29 is 9.90 Å². The lowest BCUT2D eigenvalue weighted by molar-refractivity contribution is -0.130. The summed E-state index contributed by atoms with van der Waals surface area (Å²) in [5.74, 6) is 0.891. The van der Waals surface area contributed by atoms with E-state index >= 15 is 0 Å². The molecule has 25 heavy (non-hydrogen) atoms. The summed E-state index contributed by atoms with van der Waals surface area (Å²) in [6.45, 7) is 5.10. The first-order valence-electron chi connectivity index (χ1n) is 9.85. The summed E-state index contributed by atoms with van der Waals surface area (Å²) in [6.07, 6.45) is 11.3. The highest BCUT2D eigenvalue weighted by atomic mass is 16.3. The fourth-order valence-corrected chi connectivity index (χ4v) is 4.22. The maximum absolute atomic E-state index is 12.5. The van der Waals surface area contributed by atoms with Gasteiger partial charge < -0.3 is 14.9 Å². The zero-order chi connectivity index (χ0) is 17.5. The Bertz CT molecular complexity index is 512. The molecule has 3 heterocycles. The maximum Gasteiger partial charge on any atom is 0.222 e. The Morgan fingerprint density at radius 1 is 1.20 bits per heavy atom. The van der Waals surface area contributed by atoms with Gasteiger partial charge in [0.05, 0.1) is 6.20 Å². The number of aliphatic hydroxyl groups excluding tert-OH is 1. The van der Waals surface area contributed by atoms with E-state index in [1.165, 1.54) is 38.8 Å². The Morgan fingerprint density at radius 2 is 1.96 bits per heavy atom. The number of rotatable bonds is 7. The zero-order valence-corrected chi connectivity index (χ0v) is 15.2. The molecule has 6 heteroatoms. The van der Waals surface area contributed by atoms with E-state index in [0.29, 0.717) is 12.3 Å². The molecule has 2 fully saturated rings. The van der Waals surface area contributed by atoms with Crippen LogP contribution in [0.4, 0.5) is 0 Å². The molecule has 6 nitrogen and oxygen atoms in total. The first-order chi connectivity index (χ1) is 12.3. The van der Waals surface area contributed by atoms with Gasteiger partial charge in [0.25, 0.3) is 0 Å². The molecule has 0 bridgehead atoms. The summed E-state index contributed by atoms with van der Waals surface area (Å²) in [5, 5.41) is 16.5. The summed E-state index contributed by atoms with van der Waals surface area (Å²) < 4.78 is 0. The second kappa shape index (κ2) is 9.34. The Morgan fingerprint density at radius 3 is 2.64 bits per heavy atom. The lowest BCUT2D eigenvalue weighted by Crippen LogP contribution is -2.35. The van der Waals surface area contributed by atoms with Crippen molar-refractivity contribution >= 4 is 5.91 Å². The molecular formula is C19H32N4O2. The van der Waals surface area contributed by atoms with Crippen molar-refractivity contribution in [3.05, 3.63) is 18.0 Å². The number of nitrogens with one attached hydrogen (secondary N) is 1. The van der Waals surface area contributed by atoms with Crippen molar-refractivity contribution in [1.29, 1.82) is 0 Å². The van der Waals surface area contributed by atoms with Gasteiger partial charge in [-0.1, -0.05) is 12.8 Å². The van der Waals surface area contributed by atoms with Crippen molar-refractivity contribution in [3.63, 3.8) is 0 Å². The van der Waals surface area contributed by atoms with Crippen LogP contribution in [0.15, 0.2) is 12.4 Å². The lowest BCUT2D eigenvalue weighted by Gasteiger charge is -2.26. The van der Waals surface area contributed by atoms with Crippen LogP contribution >= 0.6 is 0 Å². The topological polar surface area (TPSA) is 72.5 Å². The fourth-order valence-electron chi connectivity index (χ4n) is 4.22. The van der Waals surface area contributed by atoms with Gasteiger partial charge in [-0.2, -0.15) is 5.10 Å². The third-order valence-corrected chi connectivity index (χ3v) is 5.77. The van der Waals surface area contributed by atoms with Crippen LogP contribution in [-0.4, -0.2) is 70.3 Å². The minimum absolute atomic E-state index is 0.192. The number of aliphatic hydroxyl groups is 1. The fraction of sp³-hybridized carbons (Fsp3) is 0.789. The number of carbonyl (C=O) groups is 1. The van der Waals surface area contributed by atoms with Crippen LogP contribution in [0, 0.1) is 11.8 Å². The maximum atomic E-state index is 12.5. The Hall–Kier alpha value is -1.40. The van der Waals surface area contributed by atoms with Gasteiger partial charge in [0, 0.05) is 44.8 Å². The number of aryl methyl sites for hydroxylation is 1. The van der Waals surface area contributed by atoms with E-state index in [2.05, 4.69) is 15.1 Å². The van der Waals surface area contributed by atoms with Gasteiger partial charge in [-0.15, -0.1) is 0 Å². The monoisotopic (exact) mass is 348 g/mol. The molecule has 1 aromatic rings. The average molecular weight is 348 g/mol. The van der Waals surface area contributed by atoms with Crippen LogP contribution < -0.4 is 0 Å². The molecule has 2 atom stereocenters. The molecule has 0 radical (unpaired) electrons. The number of aromatic nitrogens is 2. The number of hydrogen-bond acceptors (Lipinski definition) is 4. The molecular weight excluding hydrogens is 316 g/mol. The highest BCUT2D eigenvalue weighted by Gasteiger charge is 2.35. The first kappa shape index (κ1) is 18.4. The number of likely N-dealkylation sites (tertiary alicyclic amines) is 2. The van der Waals surface area contributed by atoms with E-state index in [1.54, 1.807) is 0 Å². The first-order valence-corrected chi connectivity index (χ1v) is 9.85. The standard InChI is InChI=1S/C19H32N4O2/c24-15-18-14-23(19(25)7-5-6-16-10-20-21-11-16)13-17(18)12-22-8-3-1-2-4-9-22/h10-11,17-18,24H,1-9,12-15H2,(H,20,21)/t17-,18-/m0/s1. The average Bonchev–Trinajstić information content (AvgIpc) is 3.20. The molecule has 1 amide bonds. The third-order valence-electron chi connectivity index (χ3n) is 5.77. The van der Waals surface area contributed by atoms with Crippen LogP contribution in [0.1, 0.15) is 44.1 Å². The smallest absolute Gasteiger partial charge is 0.222 e. The van der Waals surface area contributed by atoms with Crippen molar-refractivity contribution in [2.24, 2.45) is 11.8 Å². The van der Waals surface area contributed by atoms with Crippen molar-refractivity contribution in [2.45, 2.75) is 44.9 Å². The molecule has 2 saturated heterocycles. The predicted octanol–water partition coefficient (Wildman–Crippen LogP) is 1.68. The highest BCUT2D eigenvalue weighted by molar-refractivity contribution is 5.76. The molecule has 140 valence electrons. The highest BCUT2D eigenvalue weighted by Crippen LogP contribution is 2.26. The summed E-state index contributed by atoms with van der Waals surface area (Å²) >= 11 is 0. The molecule has 0 unspecified atom stereocenters. The molecule has 2 N–H and O–H groups in total. The van der Waals surface area contributed by atoms with Gasteiger partial charge in [0.15, 0.2) is 0 Å².